The first-order chi connectivity index (χ1) is 11.6. The van der Waals surface area contributed by atoms with Crippen molar-refractivity contribution in [2.24, 2.45) is 11.7 Å². The molecule has 0 radical (unpaired) electrons. The zero-order valence-corrected chi connectivity index (χ0v) is 13.1. The highest BCUT2D eigenvalue weighted by Gasteiger charge is 2.32. The number of nitrogens with zero attached hydrogens (tertiary/aromatic N) is 3. The molecule has 1 aromatic carbocycles. The number of amides is 1. The standard InChI is InChI=1S/C17H19N5O2/c18-9-11-6-7-13(23)8-15(11)22-10-14(16(19)24)17(21-22)20-12-4-2-1-3-5-12/h1-5,10-11,13,15,23H,6-8H2,(H2,19,24)(H,20,21)/t11?,13-,15-/m0/s1. The minimum absolute atomic E-state index is 0.251. The van der Waals surface area contributed by atoms with E-state index in [0.29, 0.717) is 25.1 Å². The van der Waals surface area contributed by atoms with Crippen molar-refractivity contribution >= 4 is 17.4 Å². The van der Waals surface area contributed by atoms with Gasteiger partial charge in [0.1, 0.15) is 5.56 Å². The quantitative estimate of drug-likeness (QED) is 0.794. The highest BCUT2D eigenvalue weighted by atomic mass is 16.3. The molecule has 1 fully saturated rings. The van der Waals surface area contributed by atoms with E-state index in [-0.39, 0.29) is 17.5 Å². The number of rotatable bonds is 4. The Hall–Kier alpha value is -2.85. The summed E-state index contributed by atoms with van der Waals surface area (Å²) in [5.74, 6) is -0.492. The number of hydrogen-bond acceptors (Lipinski definition) is 5. The summed E-state index contributed by atoms with van der Waals surface area (Å²) in [6.45, 7) is 0. The molecule has 1 aliphatic carbocycles. The lowest BCUT2D eigenvalue weighted by Gasteiger charge is -2.30. The van der Waals surface area contributed by atoms with Gasteiger partial charge in [0.05, 0.1) is 24.1 Å². The fraction of sp³-hybridized carbons (Fsp3) is 0.353. The normalized spacial score (nSPS) is 23.4. The smallest absolute Gasteiger partial charge is 0.254 e. The molecule has 1 aromatic heterocycles. The maximum absolute atomic E-state index is 11.7. The zero-order valence-electron chi connectivity index (χ0n) is 13.1. The van der Waals surface area contributed by atoms with Gasteiger partial charge in [0.15, 0.2) is 5.82 Å². The van der Waals surface area contributed by atoms with Crippen LogP contribution in [0, 0.1) is 17.2 Å². The summed E-state index contributed by atoms with van der Waals surface area (Å²) in [4.78, 5) is 11.7. The number of benzene rings is 1. The van der Waals surface area contributed by atoms with E-state index in [4.69, 9.17) is 5.73 Å². The van der Waals surface area contributed by atoms with Gasteiger partial charge in [-0.3, -0.25) is 9.48 Å². The molecule has 3 atom stereocenters. The van der Waals surface area contributed by atoms with E-state index < -0.39 is 12.0 Å². The van der Waals surface area contributed by atoms with Gasteiger partial charge in [-0.2, -0.15) is 10.4 Å². The number of nitriles is 1. The van der Waals surface area contributed by atoms with Crippen molar-refractivity contribution < 1.29 is 9.90 Å². The number of aliphatic hydroxyl groups is 1. The van der Waals surface area contributed by atoms with Gasteiger partial charge in [0, 0.05) is 11.9 Å². The van der Waals surface area contributed by atoms with Gasteiger partial charge < -0.3 is 16.2 Å². The molecule has 7 nitrogen and oxygen atoms in total. The van der Waals surface area contributed by atoms with Crippen LogP contribution in [0.2, 0.25) is 0 Å². The second kappa shape index (κ2) is 6.72. The number of hydrogen-bond donors (Lipinski definition) is 3. The minimum atomic E-state index is -0.593. The molecule has 1 amide bonds. The first-order valence-corrected chi connectivity index (χ1v) is 7.87. The van der Waals surface area contributed by atoms with E-state index in [1.807, 2.05) is 30.3 Å². The average molecular weight is 325 g/mol. The number of nitrogens with one attached hydrogen (secondary N) is 1. The molecule has 1 heterocycles. The Balaban J connectivity index is 1.93. The van der Waals surface area contributed by atoms with Crippen LogP contribution in [0.4, 0.5) is 11.5 Å². The Morgan fingerprint density at radius 3 is 2.79 bits per heavy atom. The third-order valence-electron chi connectivity index (χ3n) is 4.33. The summed E-state index contributed by atoms with van der Waals surface area (Å²) in [6.07, 6.45) is 2.73. The van der Waals surface area contributed by atoms with E-state index in [1.165, 1.54) is 0 Å². The van der Waals surface area contributed by atoms with Crippen molar-refractivity contribution in [3.05, 3.63) is 42.1 Å². The van der Waals surface area contributed by atoms with E-state index in [1.54, 1.807) is 10.9 Å². The van der Waals surface area contributed by atoms with Crippen molar-refractivity contribution in [2.75, 3.05) is 5.32 Å². The molecule has 1 aliphatic rings. The third kappa shape index (κ3) is 3.24. The molecule has 7 heteroatoms. The molecular weight excluding hydrogens is 306 g/mol. The Morgan fingerprint density at radius 2 is 2.12 bits per heavy atom. The summed E-state index contributed by atoms with van der Waals surface area (Å²) in [5, 5.41) is 26.8. The maximum Gasteiger partial charge on any atom is 0.254 e. The van der Waals surface area contributed by atoms with Crippen molar-refractivity contribution in [1.29, 1.82) is 5.26 Å². The first-order valence-electron chi connectivity index (χ1n) is 7.87. The lowest BCUT2D eigenvalue weighted by Crippen LogP contribution is -2.29. The Bertz CT molecular complexity index is 765. The maximum atomic E-state index is 11.7. The number of anilines is 2. The second-order valence-electron chi connectivity index (χ2n) is 6.00. The number of primary amides is 1. The first kappa shape index (κ1) is 16.0. The molecule has 124 valence electrons. The minimum Gasteiger partial charge on any atom is -0.393 e. The van der Waals surface area contributed by atoms with Crippen molar-refractivity contribution in [2.45, 2.75) is 31.4 Å². The largest absolute Gasteiger partial charge is 0.393 e. The van der Waals surface area contributed by atoms with Gasteiger partial charge in [-0.25, -0.2) is 0 Å². The fourth-order valence-corrected chi connectivity index (χ4v) is 3.06. The van der Waals surface area contributed by atoms with Crippen LogP contribution in [-0.2, 0) is 0 Å². The van der Waals surface area contributed by atoms with Gasteiger partial charge >= 0.3 is 0 Å². The predicted octanol–water partition coefficient (Wildman–Crippen LogP) is 1.95. The molecule has 24 heavy (non-hydrogen) atoms. The van der Waals surface area contributed by atoms with Crippen molar-refractivity contribution in [3.8, 4) is 6.07 Å². The molecule has 0 spiro atoms. The fourth-order valence-electron chi connectivity index (χ4n) is 3.06. The lowest BCUT2D eigenvalue weighted by atomic mass is 9.84. The van der Waals surface area contributed by atoms with Crippen LogP contribution in [0.15, 0.2) is 36.5 Å². The highest BCUT2D eigenvalue weighted by molar-refractivity contribution is 5.98. The summed E-state index contributed by atoms with van der Waals surface area (Å²) in [5.41, 5.74) is 6.50. The van der Waals surface area contributed by atoms with E-state index in [2.05, 4.69) is 16.5 Å². The topological polar surface area (TPSA) is 117 Å². The number of carbonyl (C=O) groups excluding carboxylic acids is 1. The van der Waals surface area contributed by atoms with Crippen LogP contribution in [-0.4, -0.2) is 26.9 Å². The van der Waals surface area contributed by atoms with Crippen LogP contribution >= 0.6 is 0 Å². The van der Waals surface area contributed by atoms with Gasteiger partial charge in [0.25, 0.3) is 5.91 Å². The van der Waals surface area contributed by atoms with Crippen LogP contribution in [0.3, 0.4) is 0 Å². The Morgan fingerprint density at radius 1 is 1.38 bits per heavy atom. The predicted molar refractivity (Wildman–Crippen MR) is 88.5 cm³/mol. The molecule has 0 saturated heterocycles. The monoisotopic (exact) mass is 325 g/mol. The number of para-hydroxylation sites is 1. The number of carbonyl (C=O) groups is 1. The molecule has 1 saturated carbocycles. The molecule has 3 rings (SSSR count). The highest BCUT2D eigenvalue weighted by Crippen LogP contribution is 2.34. The number of nitrogens with two attached hydrogens (primary N) is 1. The van der Waals surface area contributed by atoms with Gasteiger partial charge in [-0.1, -0.05) is 18.2 Å². The van der Waals surface area contributed by atoms with E-state index in [9.17, 15) is 15.2 Å². The Kier molecular flexibility index (Phi) is 4.49. The lowest BCUT2D eigenvalue weighted by molar-refractivity contribution is 0.0830. The van der Waals surface area contributed by atoms with Crippen LogP contribution in [0.5, 0.6) is 0 Å². The van der Waals surface area contributed by atoms with Gasteiger partial charge in [-0.05, 0) is 31.4 Å². The molecule has 1 unspecified atom stereocenters. The second-order valence-corrected chi connectivity index (χ2v) is 6.00. The SMILES string of the molecule is N#CC1CC[C@H](O)C[C@@H]1n1cc(C(N)=O)c(Nc2ccccc2)n1. The summed E-state index contributed by atoms with van der Waals surface area (Å²) in [6, 6.07) is 11.3. The van der Waals surface area contributed by atoms with Crippen molar-refractivity contribution in [3.63, 3.8) is 0 Å². The third-order valence-corrected chi connectivity index (χ3v) is 4.33. The zero-order chi connectivity index (χ0) is 17.1. The van der Waals surface area contributed by atoms with Crippen LogP contribution in [0.1, 0.15) is 35.7 Å². The number of aromatic nitrogens is 2. The number of aliphatic hydroxyl groups excluding tert-OH is 1. The average Bonchev–Trinajstić information content (AvgIpc) is 2.99. The molecule has 0 aliphatic heterocycles. The van der Waals surface area contributed by atoms with Gasteiger partial charge in [0.2, 0.25) is 0 Å². The summed E-state index contributed by atoms with van der Waals surface area (Å²) < 4.78 is 1.58. The summed E-state index contributed by atoms with van der Waals surface area (Å²) >= 11 is 0. The van der Waals surface area contributed by atoms with E-state index >= 15 is 0 Å². The van der Waals surface area contributed by atoms with E-state index in [0.717, 1.165) is 5.69 Å². The van der Waals surface area contributed by atoms with Crippen LogP contribution in [0.25, 0.3) is 0 Å². The van der Waals surface area contributed by atoms with Gasteiger partial charge in [-0.15, -0.1) is 0 Å². The summed E-state index contributed by atoms with van der Waals surface area (Å²) in [7, 11) is 0. The molecule has 4 N–H and O–H groups in total. The molecular formula is C17H19N5O2. The molecule has 0 bridgehead atoms. The Labute approximate surface area is 139 Å². The van der Waals surface area contributed by atoms with Crippen LogP contribution < -0.4 is 11.1 Å². The van der Waals surface area contributed by atoms with Crippen molar-refractivity contribution in [1.82, 2.24) is 9.78 Å². The molecule has 2 aromatic rings.